The number of carboxylic acids is 1. The molecular weight excluding hydrogens is 303 g/mol. The van der Waals surface area contributed by atoms with E-state index in [1.807, 2.05) is 0 Å². The van der Waals surface area contributed by atoms with E-state index < -0.39 is 32.5 Å². The van der Waals surface area contributed by atoms with E-state index in [9.17, 15) is 23.1 Å². The molecule has 1 aromatic carbocycles. The average molecular weight is 312 g/mol. The smallest absolute Gasteiger partial charge is 0.545 e. The zero-order chi connectivity index (χ0) is 13.9. The van der Waals surface area contributed by atoms with Crippen molar-refractivity contribution in [1.82, 2.24) is 0 Å². The second kappa shape index (κ2) is 7.48. The van der Waals surface area contributed by atoms with Crippen molar-refractivity contribution in [1.29, 1.82) is 0 Å². The van der Waals surface area contributed by atoms with Gasteiger partial charge in [0.25, 0.3) is 10.1 Å². The minimum absolute atomic E-state index is 0. The van der Waals surface area contributed by atoms with Gasteiger partial charge in [-0.1, -0.05) is 0 Å². The predicted molar refractivity (Wildman–Crippen MR) is 56.3 cm³/mol. The van der Waals surface area contributed by atoms with Gasteiger partial charge in [-0.15, -0.1) is 0 Å². The van der Waals surface area contributed by atoms with Crippen LogP contribution in [0.4, 0.5) is 0 Å². The molecule has 0 saturated heterocycles. The molecular formula is C10H9KO7S. The number of aromatic carboxylic acids is 1. The first kappa shape index (κ1) is 18.7. The number of carbonyl (C=O) groups is 2. The Morgan fingerprint density at radius 1 is 1.11 bits per heavy atom. The van der Waals surface area contributed by atoms with E-state index in [1.165, 1.54) is 0 Å². The number of hydrogen-bond acceptors (Lipinski definition) is 7. The molecule has 0 aliphatic heterocycles. The van der Waals surface area contributed by atoms with E-state index >= 15 is 0 Å². The maximum Gasteiger partial charge on any atom is 1.00 e. The number of esters is 1. The molecule has 7 nitrogen and oxygen atoms in total. The van der Waals surface area contributed by atoms with E-state index in [2.05, 4.69) is 8.92 Å². The Labute approximate surface area is 152 Å². The molecule has 0 spiro atoms. The van der Waals surface area contributed by atoms with Crippen molar-refractivity contribution in [3.63, 3.8) is 0 Å². The Balaban J connectivity index is 0.00000324. The van der Waals surface area contributed by atoms with Crippen molar-refractivity contribution in [3.05, 3.63) is 29.3 Å². The normalized spacial score (nSPS) is 10.4. The number of ether oxygens (including phenoxy) is 1. The molecule has 0 saturated carbocycles. The summed E-state index contributed by atoms with van der Waals surface area (Å²) in [6.07, 6.45) is 0. The minimum atomic E-state index is -4.12. The van der Waals surface area contributed by atoms with Crippen LogP contribution in [0.15, 0.2) is 23.1 Å². The SMILES string of the molecule is COC(=O)c1cc(C(=O)[O-])cc(S(=O)(=O)OC)c1.[K+]. The fourth-order valence-corrected chi connectivity index (χ4v) is 1.93. The molecule has 98 valence electrons. The number of benzene rings is 1. The van der Waals surface area contributed by atoms with Gasteiger partial charge in [0.2, 0.25) is 0 Å². The minimum Gasteiger partial charge on any atom is -0.545 e. The summed E-state index contributed by atoms with van der Waals surface area (Å²) in [5.74, 6) is -2.49. The fourth-order valence-electron chi connectivity index (χ4n) is 1.19. The monoisotopic (exact) mass is 312 g/mol. The molecule has 1 aromatic rings. The summed E-state index contributed by atoms with van der Waals surface area (Å²) in [4.78, 5) is 21.6. The van der Waals surface area contributed by atoms with Crippen LogP contribution in [-0.4, -0.2) is 34.6 Å². The summed E-state index contributed by atoms with van der Waals surface area (Å²) in [5, 5.41) is 10.7. The Morgan fingerprint density at radius 3 is 2.05 bits per heavy atom. The maximum atomic E-state index is 11.5. The summed E-state index contributed by atoms with van der Waals surface area (Å²) in [6, 6.07) is 2.74. The Hall–Kier alpha value is -0.294. The van der Waals surface area contributed by atoms with E-state index in [1.54, 1.807) is 0 Å². The molecule has 0 amide bonds. The molecule has 0 N–H and O–H groups in total. The summed E-state index contributed by atoms with van der Waals surface area (Å²) < 4.78 is 31.5. The molecule has 19 heavy (non-hydrogen) atoms. The Morgan fingerprint density at radius 2 is 1.63 bits per heavy atom. The van der Waals surface area contributed by atoms with Gasteiger partial charge in [-0.05, 0) is 23.8 Å². The molecule has 0 aliphatic carbocycles. The number of methoxy groups -OCH3 is 1. The first-order chi connectivity index (χ1) is 8.31. The Kier molecular flexibility index (Phi) is 7.36. The molecule has 0 bridgehead atoms. The molecule has 0 fully saturated rings. The van der Waals surface area contributed by atoms with Gasteiger partial charge in [0.15, 0.2) is 0 Å². The van der Waals surface area contributed by atoms with E-state index in [-0.39, 0.29) is 56.9 Å². The van der Waals surface area contributed by atoms with Gasteiger partial charge in [0, 0.05) is 0 Å². The van der Waals surface area contributed by atoms with Crippen LogP contribution >= 0.6 is 0 Å². The van der Waals surface area contributed by atoms with Crippen LogP contribution < -0.4 is 56.5 Å². The van der Waals surface area contributed by atoms with Crippen LogP contribution in [0.1, 0.15) is 20.7 Å². The van der Waals surface area contributed by atoms with Gasteiger partial charge in [-0.3, -0.25) is 4.18 Å². The quantitative estimate of drug-likeness (QED) is 0.318. The number of hydrogen-bond donors (Lipinski definition) is 0. The average Bonchev–Trinajstić information content (AvgIpc) is 2.37. The van der Waals surface area contributed by atoms with Crippen molar-refractivity contribution in [2.75, 3.05) is 14.2 Å². The van der Waals surface area contributed by atoms with Crippen LogP contribution in [0.3, 0.4) is 0 Å². The van der Waals surface area contributed by atoms with E-state index in [4.69, 9.17) is 0 Å². The zero-order valence-corrected chi connectivity index (χ0v) is 14.4. The summed E-state index contributed by atoms with van der Waals surface area (Å²) >= 11 is 0. The molecule has 0 unspecified atom stereocenters. The third-order valence-electron chi connectivity index (χ3n) is 2.07. The second-order valence-electron chi connectivity index (χ2n) is 3.15. The van der Waals surface area contributed by atoms with Crippen molar-refractivity contribution in [2.45, 2.75) is 4.90 Å². The molecule has 0 heterocycles. The standard InChI is InChI=1S/C10H10O7S.K/c1-16-10(13)7-3-6(9(11)12)4-8(5-7)18(14,15)17-2;/h3-5H,1-2H3,(H,11,12);/q;+1/p-1. The topological polar surface area (TPSA) is 110 Å². The molecule has 0 atom stereocenters. The molecule has 0 aliphatic rings. The molecule has 1 rings (SSSR count). The fraction of sp³-hybridized carbons (Fsp3) is 0.200. The van der Waals surface area contributed by atoms with Crippen LogP contribution in [0.5, 0.6) is 0 Å². The van der Waals surface area contributed by atoms with E-state index in [0.717, 1.165) is 32.4 Å². The number of rotatable bonds is 4. The van der Waals surface area contributed by atoms with Gasteiger partial charge in [-0.25, -0.2) is 4.79 Å². The van der Waals surface area contributed by atoms with Crippen molar-refractivity contribution in [3.8, 4) is 0 Å². The number of carbonyl (C=O) groups excluding carboxylic acids is 2. The van der Waals surface area contributed by atoms with Crippen molar-refractivity contribution >= 4 is 22.1 Å². The van der Waals surface area contributed by atoms with Gasteiger partial charge in [0.05, 0.1) is 30.6 Å². The molecule has 0 aromatic heterocycles. The Bertz CT molecular complexity index is 594. The van der Waals surface area contributed by atoms with Crippen LogP contribution in [0, 0.1) is 0 Å². The van der Waals surface area contributed by atoms with Crippen LogP contribution in [0.25, 0.3) is 0 Å². The predicted octanol–water partition coefficient (Wildman–Crippen LogP) is -3.82. The summed E-state index contributed by atoms with van der Waals surface area (Å²) in [6.45, 7) is 0. The second-order valence-corrected chi connectivity index (χ2v) is 4.86. The zero-order valence-electron chi connectivity index (χ0n) is 10.5. The summed E-state index contributed by atoms with van der Waals surface area (Å²) in [7, 11) is -2.12. The van der Waals surface area contributed by atoms with Crippen molar-refractivity contribution < 1.29 is 83.4 Å². The van der Waals surface area contributed by atoms with Gasteiger partial charge in [0.1, 0.15) is 0 Å². The van der Waals surface area contributed by atoms with Crippen LogP contribution in [0.2, 0.25) is 0 Å². The molecule has 9 heteroatoms. The van der Waals surface area contributed by atoms with Gasteiger partial charge in [-0.2, -0.15) is 8.42 Å². The summed E-state index contributed by atoms with van der Waals surface area (Å²) in [5.41, 5.74) is -0.691. The first-order valence-corrected chi connectivity index (χ1v) is 5.98. The van der Waals surface area contributed by atoms with Crippen LogP contribution in [-0.2, 0) is 19.0 Å². The van der Waals surface area contributed by atoms with Crippen molar-refractivity contribution in [2.24, 2.45) is 0 Å². The van der Waals surface area contributed by atoms with Gasteiger partial charge < -0.3 is 14.6 Å². The third kappa shape index (κ3) is 4.63. The number of carboxylic acid groups (broad SMARTS) is 1. The maximum absolute atomic E-state index is 11.5. The molecule has 0 radical (unpaired) electrons. The van der Waals surface area contributed by atoms with E-state index in [0.29, 0.717) is 0 Å². The largest absolute Gasteiger partial charge is 1.00 e. The third-order valence-corrected chi connectivity index (χ3v) is 3.32. The first-order valence-electron chi connectivity index (χ1n) is 4.57. The van der Waals surface area contributed by atoms with Gasteiger partial charge >= 0.3 is 57.4 Å².